The Labute approximate surface area is 117 Å². The summed E-state index contributed by atoms with van der Waals surface area (Å²) in [7, 11) is 0. The monoisotopic (exact) mass is 276 g/mol. The summed E-state index contributed by atoms with van der Waals surface area (Å²) in [6, 6.07) is 7.67. The van der Waals surface area contributed by atoms with Gasteiger partial charge >= 0.3 is 0 Å². The molecule has 0 radical (unpaired) electrons. The van der Waals surface area contributed by atoms with Crippen LogP contribution in [-0.4, -0.2) is 12.9 Å². The van der Waals surface area contributed by atoms with Gasteiger partial charge in [-0.15, -0.1) is 0 Å². The maximum absolute atomic E-state index is 14.0. The fourth-order valence-corrected chi connectivity index (χ4v) is 1.71. The second kappa shape index (κ2) is 5.49. The van der Waals surface area contributed by atoms with Crippen LogP contribution in [0.1, 0.15) is 31.3 Å². The van der Waals surface area contributed by atoms with Crippen molar-refractivity contribution in [2.75, 3.05) is 6.61 Å². The lowest BCUT2D eigenvalue weighted by atomic mass is 9.98. The summed E-state index contributed by atoms with van der Waals surface area (Å²) in [5.41, 5.74) is 0.200. The number of aldehydes is 1. The first kappa shape index (κ1) is 14.3. The largest absolute Gasteiger partial charge is 0.492 e. The molecule has 0 spiro atoms. The van der Waals surface area contributed by atoms with E-state index in [4.69, 9.17) is 9.15 Å². The van der Waals surface area contributed by atoms with Crippen LogP contribution in [0.4, 0.5) is 4.39 Å². The van der Waals surface area contributed by atoms with Crippen molar-refractivity contribution in [3.63, 3.8) is 0 Å². The summed E-state index contributed by atoms with van der Waals surface area (Å²) < 4.78 is 25.0. The summed E-state index contributed by atoms with van der Waals surface area (Å²) in [6.45, 7) is 6.54. The van der Waals surface area contributed by atoms with Gasteiger partial charge in [0, 0.05) is 0 Å². The van der Waals surface area contributed by atoms with Crippen molar-refractivity contribution in [1.82, 2.24) is 0 Å². The smallest absolute Gasteiger partial charge is 0.185 e. The fraction of sp³-hybridized carbons (Fsp3) is 0.312. The summed E-state index contributed by atoms with van der Waals surface area (Å²) >= 11 is 0. The molecule has 0 aliphatic carbocycles. The van der Waals surface area contributed by atoms with Crippen LogP contribution in [0, 0.1) is 11.2 Å². The van der Waals surface area contributed by atoms with Gasteiger partial charge in [0.15, 0.2) is 12.0 Å². The van der Waals surface area contributed by atoms with Gasteiger partial charge in [0.1, 0.15) is 17.3 Å². The van der Waals surface area contributed by atoms with Crippen molar-refractivity contribution in [2.45, 2.75) is 20.8 Å². The number of furan rings is 1. The normalized spacial score (nSPS) is 11.4. The van der Waals surface area contributed by atoms with Crippen molar-refractivity contribution in [3.05, 3.63) is 41.9 Å². The van der Waals surface area contributed by atoms with Crippen LogP contribution in [0.2, 0.25) is 0 Å². The molecule has 1 aromatic heterocycles. The molecule has 0 saturated carbocycles. The molecule has 2 rings (SSSR count). The first-order valence-electron chi connectivity index (χ1n) is 6.37. The average Bonchev–Trinajstić information content (AvgIpc) is 2.84. The summed E-state index contributed by atoms with van der Waals surface area (Å²) in [6.07, 6.45) is 0.583. The van der Waals surface area contributed by atoms with E-state index in [9.17, 15) is 9.18 Å². The zero-order valence-corrected chi connectivity index (χ0v) is 11.8. The maximum atomic E-state index is 14.0. The van der Waals surface area contributed by atoms with Crippen LogP contribution in [0.5, 0.6) is 5.75 Å². The number of hydrogen-bond donors (Lipinski definition) is 0. The molecule has 2 aromatic rings. The van der Waals surface area contributed by atoms with Gasteiger partial charge in [-0.3, -0.25) is 4.79 Å². The molecular formula is C16H17FO3. The number of carbonyl (C=O) groups is 1. The standard InChI is InChI=1S/C16H17FO3/c1-16(2,3)10-19-13-6-4-5-12(17)15(13)14-8-7-11(9-18)20-14/h4-9H,10H2,1-3H3. The van der Waals surface area contributed by atoms with Gasteiger partial charge in [-0.05, 0) is 29.7 Å². The van der Waals surface area contributed by atoms with Crippen molar-refractivity contribution < 1.29 is 18.3 Å². The van der Waals surface area contributed by atoms with E-state index in [1.807, 2.05) is 20.8 Å². The molecule has 1 aromatic carbocycles. The minimum atomic E-state index is -0.441. The van der Waals surface area contributed by atoms with Crippen molar-refractivity contribution >= 4 is 6.29 Å². The van der Waals surface area contributed by atoms with E-state index in [1.54, 1.807) is 18.2 Å². The highest BCUT2D eigenvalue weighted by atomic mass is 19.1. The number of hydrogen-bond acceptors (Lipinski definition) is 3. The van der Waals surface area contributed by atoms with E-state index in [1.165, 1.54) is 12.1 Å². The lowest BCUT2D eigenvalue weighted by Crippen LogP contribution is -2.17. The van der Waals surface area contributed by atoms with Crippen LogP contribution < -0.4 is 4.74 Å². The van der Waals surface area contributed by atoms with Gasteiger partial charge in [-0.1, -0.05) is 26.8 Å². The summed E-state index contributed by atoms with van der Waals surface area (Å²) in [5, 5.41) is 0. The van der Waals surface area contributed by atoms with Crippen molar-refractivity contribution in [1.29, 1.82) is 0 Å². The third-order valence-corrected chi connectivity index (χ3v) is 2.63. The molecule has 0 amide bonds. The Hall–Kier alpha value is -2.10. The Morgan fingerprint density at radius 3 is 2.60 bits per heavy atom. The molecule has 0 aliphatic rings. The Kier molecular flexibility index (Phi) is 3.93. The number of rotatable bonds is 4. The van der Waals surface area contributed by atoms with Crippen LogP contribution in [0.3, 0.4) is 0 Å². The van der Waals surface area contributed by atoms with Crippen LogP contribution >= 0.6 is 0 Å². The number of benzene rings is 1. The van der Waals surface area contributed by atoms with Crippen LogP contribution in [0.15, 0.2) is 34.7 Å². The predicted octanol–water partition coefficient (Wildman–Crippen LogP) is 4.32. The highest BCUT2D eigenvalue weighted by Crippen LogP contribution is 2.34. The molecule has 0 N–H and O–H groups in total. The second-order valence-corrected chi connectivity index (χ2v) is 5.78. The van der Waals surface area contributed by atoms with Crippen molar-refractivity contribution in [2.24, 2.45) is 5.41 Å². The summed E-state index contributed by atoms with van der Waals surface area (Å²) in [4.78, 5) is 10.7. The second-order valence-electron chi connectivity index (χ2n) is 5.78. The van der Waals surface area contributed by atoms with E-state index in [-0.39, 0.29) is 22.5 Å². The molecule has 1 heterocycles. The Morgan fingerprint density at radius 1 is 1.25 bits per heavy atom. The molecule has 4 heteroatoms. The van der Waals surface area contributed by atoms with Gasteiger partial charge in [-0.25, -0.2) is 4.39 Å². The highest BCUT2D eigenvalue weighted by Gasteiger charge is 2.18. The number of carbonyl (C=O) groups excluding carboxylic acids is 1. The van der Waals surface area contributed by atoms with Gasteiger partial charge in [0.2, 0.25) is 0 Å². The van der Waals surface area contributed by atoms with E-state index in [0.29, 0.717) is 18.6 Å². The zero-order chi connectivity index (χ0) is 14.8. The quantitative estimate of drug-likeness (QED) is 0.780. The molecule has 0 saturated heterocycles. The maximum Gasteiger partial charge on any atom is 0.185 e. The Morgan fingerprint density at radius 2 is 2.00 bits per heavy atom. The SMILES string of the molecule is CC(C)(C)COc1cccc(F)c1-c1ccc(C=O)o1. The minimum Gasteiger partial charge on any atom is -0.492 e. The molecule has 0 atom stereocenters. The van der Waals surface area contributed by atoms with E-state index in [0.717, 1.165) is 0 Å². The predicted molar refractivity (Wildman–Crippen MR) is 74.4 cm³/mol. The van der Waals surface area contributed by atoms with Gasteiger partial charge < -0.3 is 9.15 Å². The fourth-order valence-electron chi connectivity index (χ4n) is 1.71. The van der Waals surface area contributed by atoms with Crippen LogP contribution in [-0.2, 0) is 0 Å². The van der Waals surface area contributed by atoms with Gasteiger partial charge in [0.25, 0.3) is 0 Å². The first-order chi connectivity index (χ1) is 9.40. The third-order valence-electron chi connectivity index (χ3n) is 2.63. The molecule has 106 valence electrons. The van der Waals surface area contributed by atoms with E-state index >= 15 is 0 Å². The van der Waals surface area contributed by atoms with E-state index < -0.39 is 5.82 Å². The molecule has 0 unspecified atom stereocenters. The number of ether oxygens (including phenoxy) is 1. The molecule has 20 heavy (non-hydrogen) atoms. The van der Waals surface area contributed by atoms with Crippen molar-refractivity contribution in [3.8, 4) is 17.1 Å². The molecule has 0 fully saturated rings. The zero-order valence-electron chi connectivity index (χ0n) is 11.8. The summed E-state index contributed by atoms with van der Waals surface area (Å²) in [5.74, 6) is 0.411. The topological polar surface area (TPSA) is 39.4 Å². The first-order valence-corrected chi connectivity index (χ1v) is 6.37. The van der Waals surface area contributed by atoms with Gasteiger partial charge in [-0.2, -0.15) is 0 Å². The molecule has 3 nitrogen and oxygen atoms in total. The molecule has 0 aliphatic heterocycles. The van der Waals surface area contributed by atoms with Gasteiger partial charge in [0.05, 0.1) is 12.2 Å². The Bertz CT molecular complexity index is 608. The average molecular weight is 276 g/mol. The third kappa shape index (κ3) is 3.26. The molecule has 0 bridgehead atoms. The lowest BCUT2D eigenvalue weighted by molar-refractivity contribution is 0.110. The molecular weight excluding hydrogens is 259 g/mol. The number of halogens is 1. The minimum absolute atomic E-state index is 0.0410. The van der Waals surface area contributed by atoms with Crippen LogP contribution in [0.25, 0.3) is 11.3 Å². The lowest BCUT2D eigenvalue weighted by Gasteiger charge is -2.20. The van der Waals surface area contributed by atoms with E-state index in [2.05, 4.69) is 0 Å². The highest BCUT2D eigenvalue weighted by molar-refractivity contribution is 5.74. The Balaban J connectivity index is 2.38.